The third kappa shape index (κ3) is 6.91. The molecule has 0 bridgehead atoms. The van der Waals surface area contributed by atoms with E-state index in [2.05, 4.69) is 20.6 Å². The first-order chi connectivity index (χ1) is 11.7. The summed E-state index contributed by atoms with van der Waals surface area (Å²) in [6, 6.07) is 15.8. The largest absolute Gasteiger partial charge is 0.370 e. The normalized spacial score (nSPS) is 11.1. The highest BCUT2D eigenvalue weighted by Crippen LogP contribution is 1.98. The van der Waals surface area contributed by atoms with E-state index >= 15 is 0 Å². The maximum Gasteiger partial charge on any atom is 0.241 e. The van der Waals surface area contributed by atoms with Gasteiger partial charge in [0.15, 0.2) is 5.96 Å². The summed E-state index contributed by atoms with van der Waals surface area (Å²) in [6.07, 6.45) is 3.31. The van der Waals surface area contributed by atoms with Crippen LogP contribution in [0.1, 0.15) is 11.3 Å². The lowest BCUT2D eigenvalue weighted by molar-refractivity contribution is -0.119. The topological polar surface area (TPSA) is 92.4 Å². The minimum atomic E-state index is -0.139. The molecule has 0 saturated heterocycles. The van der Waals surface area contributed by atoms with E-state index < -0.39 is 0 Å². The molecule has 126 valence electrons. The zero-order chi connectivity index (χ0) is 17.0. The monoisotopic (exact) mass is 325 g/mol. The molecule has 1 aromatic carbocycles. The molecule has 1 heterocycles. The van der Waals surface area contributed by atoms with Crippen LogP contribution in [0.4, 0.5) is 0 Å². The predicted octanol–water partition coefficient (Wildman–Crippen LogP) is 0.887. The van der Waals surface area contributed by atoms with Gasteiger partial charge in [-0.05, 0) is 24.1 Å². The molecule has 1 amide bonds. The molecule has 0 atom stereocenters. The molecule has 2 rings (SSSR count). The second-order valence-electron chi connectivity index (χ2n) is 5.28. The van der Waals surface area contributed by atoms with Crippen LogP contribution in [0, 0.1) is 0 Å². The van der Waals surface area contributed by atoms with E-state index in [0.717, 1.165) is 18.5 Å². The lowest BCUT2D eigenvalue weighted by Crippen LogP contribution is -2.35. The molecule has 0 aliphatic rings. The van der Waals surface area contributed by atoms with Gasteiger partial charge in [0.25, 0.3) is 0 Å². The van der Waals surface area contributed by atoms with E-state index in [1.165, 1.54) is 5.56 Å². The van der Waals surface area contributed by atoms with Gasteiger partial charge >= 0.3 is 0 Å². The number of rotatable bonds is 8. The lowest BCUT2D eigenvalue weighted by Gasteiger charge is -2.06. The van der Waals surface area contributed by atoms with Gasteiger partial charge in [-0.2, -0.15) is 0 Å². The Morgan fingerprint density at radius 2 is 1.75 bits per heavy atom. The zero-order valence-electron chi connectivity index (χ0n) is 13.6. The molecule has 0 unspecified atom stereocenters. The van der Waals surface area contributed by atoms with Crippen LogP contribution >= 0.6 is 0 Å². The van der Waals surface area contributed by atoms with Crippen molar-refractivity contribution < 1.29 is 4.79 Å². The number of benzene rings is 1. The van der Waals surface area contributed by atoms with Crippen molar-refractivity contribution in [3.05, 3.63) is 66.0 Å². The number of hydrogen-bond acceptors (Lipinski definition) is 3. The van der Waals surface area contributed by atoms with Gasteiger partial charge in [0.1, 0.15) is 6.54 Å². The number of nitrogens with one attached hydrogen (secondary N) is 2. The summed E-state index contributed by atoms with van der Waals surface area (Å²) in [7, 11) is 0. The van der Waals surface area contributed by atoms with E-state index in [4.69, 9.17) is 5.73 Å². The van der Waals surface area contributed by atoms with Crippen LogP contribution in [0.15, 0.2) is 59.7 Å². The SMILES string of the molecule is NC(=NCC(=O)NCCc1ccccc1)NCCc1ccccn1. The summed E-state index contributed by atoms with van der Waals surface area (Å²) in [4.78, 5) is 20.0. The van der Waals surface area contributed by atoms with Crippen molar-refractivity contribution in [1.82, 2.24) is 15.6 Å². The smallest absolute Gasteiger partial charge is 0.241 e. The molecule has 6 heteroatoms. The first kappa shape index (κ1) is 17.5. The fraction of sp³-hybridized carbons (Fsp3) is 0.278. The van der Waals surface area contributed by atoms with Crippen molar-refractivity contribution in [2.24, 2.45) is 10.7 Å². The van der Waals surface area contributed by atoms with Crippen molar-refractivity contribution in [2.75, 3.05) is 19.6 Å². The first-order valence-electron chi connectivity index (χ1n) is 7.98. The number of hydrogen-bond donors (Lipinski definition) is 3. The van der Waals surface area contributed by atoms with Crippen LogP contribution in [0.2, 0.25) is 0 Å². The Morgan fingerprint density at radius 1 is 1.00 bits per heavy atom. The maximum atomic E-state index is 11.7. The number of nitrogens with zero attached hydrogens (tertiary/aromatic N) is 2. The average Bonchev–Trinajstić information content (AvgIpc) is 2.62. The minimum absolute atomic E-state index is 0.0250. The number of aromatic nitrogens is 1. The van der Waals surface area contributed by atoms with Gasteiger partial charge < -0.3 is 16.4 Å². The second-order valence-corrected chi connectivity index (χ2v) is 5.28. The standard InChI is InChI=1S/C18H23N5O/c19-18(22-13-10-16-8-4-5-11-20-16)23-14-17(24)21-12-9-15-6-2-1-3-7-15/h1-8,11H,9-10,12-14H2,(H,21,24)(H3,19,22,23). The Balaban J connectivity index is 1.60. The fourth-order valence-corrected chi connectivity index (χ4v) is 2.12. The molecule has 0 radical (unpaired) electrons. The number of nitrogens with two attached hydrogens (primary N) is 1. The maximum absolute atomic E-state index is 11.7. The third-order valence-electron chi connectivity index (χ3n) is 3.39. The van der Waals surface area contributed by atoms with E-state index in [-0.39, 0.29) is 18.4 Å². The fourth-order valence-electron chi connectivity index (χ4n) is 2.12. The Morgan fingerprint density at radius 3 is 2.50 bits per heavy atom. The van der Waals surface area contributed by atoms with Crippen molar-refractivity contribution in [3.8, 4) is 0 Å². The van der Waals surface area contributed by atoms with Gasteiger partial charge in [0, 0.05) is 31.4 Å². The summed E-state index contributed by atoms with van der Waals surface area (Å²) >= 11 is 0. The molecule has 0 aliphatic carbocycles. The van der Waals surface area contributed by atoms with Gasteiger partial charge in [-0.3, -0.25) is 9.78 Å². The Hall–Kier alpha value is -2.89. The molecular weight excluding hydrogens is 302 g/mol. The first-order valence-corrected chi connectivity index (χ1v) is 7.98. The second kappa shape index (κ2) is 9.99. The van der Waals surface area contributed by atoms with Crippen LogP contribution < -0.4 is 16.4 Å². The van der Waals surface area contributed by atoms with Crippen molar-refractivity contribution in [1.29, 1.82) is 0 Å². The molecule has 1 aromatic heterocycles. The van der Waals surface area contributed by atoms with Gasteiger partial charge in [0.05, 0.1) is 0 Å². The summed E-state index contributed by atoms with van der Waals surface area (Å²) in [5, 5.41) is 5.81. The molecule has 4 N–H and O–H groups in total. The summed E-state index contributed by atoms with van der Waals surface area (Å²) in [6.45, 7) is 1.24. The molecule has 6 nitrogen and oxygen atoms in total. The van der Waals surface area contributed by atoms with Gasteiger partial charge in [0.2, 0.25) is 5.91 Å². The third-order valence-corrected chi connectivity index (χ3v) is 3.39. The van der Waals surface area contributed by atoms with Crippen molar-refractivity contribution in [2.45, 2.75) is 12.8 Å². The Labute approximate surface area is 142 Å². The summed E-state index contributed by atoms with van der Waals surface area (Å²) < 4.78 is 0. The highest BCUT2D eigenvalue weighted by atomic mass is 16.1. The number of amides is 1. The van der Waals surface area contributed by atoms with E-state index in [1.54, 1.807) is 6.20 Å². The highest BCUT2D eigenvalue weighted by Gasteiger charge is 2.00. The molecule has 0 spiro atoms. The Bertz CT molecular complexity index is 643. The highest BCUT2D eigenvalue weighted by molar-refractivity contribution is 5.83. The van der Waals surface area contributed by atoms with Gasteiger partial charge in [-0.15, -0.1) is 0 Å². The number of carbonyl (C=O) groups excluding carboxylic acids is 1. The van der Waals surface area contributed by atoms with Gasteiger partial charge in [-0.1, -0.05) is 36.4 Å². The molecule has 0 aliphatic heterocycles. The summed E-state index contributed by atoms with van der Waals surface area (Å²) in [5.41, 5.74) is 7.92. The minimum Gasteiger partial charge on any atom is -0.370 e. The van der Waals surface area contributed by atoms with E-state index in [9.17, 15) is 4.79 Å². The number of pyridine rings is 1. The zero-order valence-corrected chi connectivity index (χ0v) is 13.6. The van der Waals surface area contributed by atoms with Crippen LogP contribution in [-0.4, -0.2) is 36.5 Å². The van der Waals surface area contributed by atoms with E-state index in [1.807, 2.05) is 48.5 Å². The molecule has 2 aromatic rings. The van der Waals surface area contributed by atoms with Crippen molar-refractivity contribution >= 4 is 11.9 Å². The lowest BCUT2D eigenvalue weighted by atomic mass is 10.1. The molecular formula is C18H23N5O. The number of carbonyl (C=O) groups is 1. The number of guanidine groups is 1. The number of aliphatic imine (C=N–C) groups is 1. The van der Waals surface area contributed by atoms with Crippen LogP contribution in [0.25, 0.3) is 0 Å². The van der Waals surface area contributed by atoms with Gasteiger partial charge in [-0.25, -0.2) is 4.99 Å². The van der Waals surface area contributed by atoms with Crippen LogP contribution in [-0.2, 0) is 17.6 Å². The van der Waals surface area contributed by atoms with Crippen molar-refractivity contribution in [3.63, 3.8) is 0 Å². The quantitative estimate of drug-likeness (QED) is 0.496. The predicted molar refractivity (Wildman–Crippen MR) is 95.6 cm³/mol. The molecule has 0 saturated carbocycles. The van der Waals surface area contributed by atoms with Crippen LogP contribution in [0.3, 0.4) is 0 Å². The van der Waals surface area contributed by atoms with E-state index in [0.29, 0.717) is 13.1 Å². The molecule has 24 heavy (non-hydrogen) atoms. The average molecular weight is 325 g/mol. The van der Waals surface area contributed by atoms with Crippen LogP contribution in [0.5, 0.6) is 0 Å². The molecule has 0 fully saturated rings. The Kier molecular flexibility index (Phi) is 7.27. The summed E-state index contributed by atoms with van der Waals surface area (Å²) in [5.74, 6) is 0.129.